The fourth-order valence-corrected chi connectivity index (χ4v) is 7.68. The van der Waals surface area contributed by atoms with Crippen molar-refractivity contribution in [1.82, 2.24) is 20.0 Å². The Bertz CT molecular complexity index is 1340. The summed E-state index contributed by atoms with van der Waals surface area (Å²) in [6.07, 6.45) is 7.06. The zero-order valence-corrected chi connectivity index (χ0v) is 31.9. The molecule has 2 heterocycles. The van der Waals surface area contributed by atoms with Crippen LogP contribution in [-0.2, 0) is 15.8 Å². The number of hydrogen-bond acceptors (Lipinski definition) is 5. The van der Waals surface area contributed by atoms with Gasteiger partial charge in [-0.05, 0) is 120 Å². The fourth-order valence-electron chi connectivity index (χ4n) is 7.56. The standard InChI is InChI=1S/C40H55ClN4O2.2ClH/c1-39(33-12-6-4-7-13-33,34-14-8-5-9-15-34)23-20-37(45-30-24-40(47,25-31-45)35-16-18-36(41)19-17-35)42-38(46)32-21-28-44(29-22-32)27-11-10-26-43(2)3;;/h4-9,12-19,32,37,47H,10-11,20-31H2,1-3H3,(H,42,46);2*1H. The van der Waals surface area contributed by atoms with Crippen LogP contribution in [0.3, 0.4) is 0 Å². The highest BCUT2D eigenvalue weighted by Gasteiger charge is 2.38. The van der Waals surface area contributed by atoms with Gasteiger partial charge in [-0.15, -0.1) is 24.8 Å². The summed E-state index contributed by atoms with van der Waals surface area (Å²) < 4.78 is 0. The number of unbranched alkanes of at least 4 members (excludes halogenated alkanes) is 1. The molecule has 2 aliphatic heterocycles. The van der Waals surface area contributed by atoms with E-state index in [9.17, 15) is 9.90 Å². The van der Waals surface area contributed by atoms with E-state index < -0.39 is 5.60 Å². The maximum Gasteiger partial charge on any atom is 0.224 e. The molecule has 2 saturated heterocycles. The van der Waals surface area contributed by atoms with Gasteiger partial charge in [0, 0.05) is 29.4 Å². The van der Waals surface area contributed by atoms with Crippen LogP contribution in [0.2, 0.25) is 5.02 Å². The number of benzene rings is 3. The van der Waals surface area contributed by atoms with Gasteiger partial charge in [0.1, 0.15) is 0 Å². The van der Waals surface area contributed by atoms with Crippen LogP contribution in [0.15, 0.2) is 84.9 Å². The molecule has 0 aromatic heterocycles. The number of halogens is 3. The summed E-state index contributed by atoms with van der Waals surface area (Å²) in [4.78, 5) is 21.1. The molecule has 9 heteroatoms. The smallest absolute Gasteiger partial charge is 0.224 e. The minimum absolute atomic E-state index is 0. The minimum atomic E-state index is -0.891. The van der Waals surface area contributed by atoms with E-state index in [2.05, 4.69) is 102 Å². The molecule has 5 rings (SSSR count). The Morgan fingerprint density at radius 3 is 1.98 bits per heavy atom. The molecule has 0 radical (unpaired) electrons. The van der Waals surface area contributed by atoms with Crippen molar-refractivity contribution < 1.29 is 9.90 Å². The molecule has 2 N–H and O–H groups in total. The summed E-state index contributed by atoms with van der Waals surface area (Å²) in [7, 11) is 4.26. The molecule has 0 saturated carbocycles. The molecule has 2 aliphatic rings. The number of piperidine rings is 2. The number of carbonyl (C=O) groups excluding carboxylic acids is 1. The van der Waals surface area contributed by atoms with Crippen molar-refractivity contribution in [2.75, 3.05) is 53.4 Å². The van der Waals surface area contributed by atoms with Crippen LogP contribution >= 0.6 is 36.4 Å². The van der Waals surface area contributed by atoms with Crippen molar-refractivity contribution in [3.05, 3.63) is 107 Å². The third-order valence-electron chi connectivity index (χ3n) is 10.8. The van der Waals surface area contributed by atoms with Crippen molar-refractivity contribution in [1.29, 1.82) is 0 Å². The summed E-state index contributed by atoms with van der Waals surface area (Å²) in [5.41, 5.74) is 2.38. The number of carbonyl (C=O) groups is 1. The highest BCUT2D eigenvalue weighted by atomic mass is 35.5. The molecule has 49 heavy (non-hydrogen) atoms. The van der Waals surface area contributed by atoms with Crippen molar-refractivity contribution >= 4 is 42.3 Å². The second kappa shape index (κ2) is 19.4. The summed E-state index contributed by atoms with van der Waals surface area (Å²) in [6.45, 7) is 7.98. The first kappa shape index (κ1) is 41.3. The highest BCUT2D eigenvalue weighted by molar-refractivity contribution is 6.30. The number of aliphatic hydroxyl groups is 1. The summed E-state index contributed by atoms with van der Waals surface area (Å²) >= 11 is 6.15. The van der Waals surface area contributed by atoms with Gasteiger partial charge in [-0.25, -0.2) is 0 Å². The third-order valence-corrected chi connectivity index (χ3v) is 11.0. The molecular weight excluding hydrogens is 675 g/mol. The SMILES string of the molecule is CN(C)CCCCN1CCC(C(=O)NC(CCC(C)(c2ccccc2)c2ccccc2)N2CCC(O)(c3ccc(Cl)cc3)CC2)CC1.Cl.Cl. The fraction of sp³-hybridized carbons (Fsp3) is 0.525. The van der Waals surface area contributed by atoms with E-state index in [0.717, 1.165) is 57.4 Å². The lowest BCUT2D eigenvalue weighted by Gasteiger charge is -2.43. The predicted octanol–water partition coefficient (Wildman–Crippen LogP) is 7.75. The number of likely N-dealkylation sites (tertiary alicyclic amines) is 2. The zero-order valence-electron chi connectivity index (χ0n) is 29.5. The first-order chi connectivity index (χ1) is 22.7. The van der Waals surface area contributed by atoms with Gasteiger partial charge in [-0.1, -0.05) is 91.3 Å². The van der Waals surface area contributed by atoms with E-state index in [1.165, 1.54) is 24.0 Å². The molecule has 1 amide bonds. The Kier molecular flexibility index (Phi) is 16.4. The van der Waals surface area contributed by atoms with Crippen molar-refractivity contribution in [3.8, 4) is 0 Å². The van der Waals surface area contributed by atoms with Crippen LogP contribution in [0.5, 0.6) is 0 Å². The van der Waals surface area contributed by atoms with Gasteiger partial charge in [0.05, 0.1) is 11.8 Å². The van der Waals surface area contributed by atoms with Crippen LogP contribution in [-0.4, -0.2) is 85.2 Å². The van der Waals surface area contributed by atoms with Crippen LogP contribution in [0.25, 0.3) is 0 Å². The number of rotatable bonds is 14. The summed E-state index contributed by atoms with van der Waals surface area (Å²) in [5.74, 6) is 0.225. The average Bonchev–Trinajstić information content (AvgIpc) is 3.10. The first-order valence-corrected chi connectivity index (χ1v) is 18.1. The predicted molar refractivity (Wildman–Crippen MR) is 208 cm³/mol. The molecule has 0 spiro atoms. The van der Waals surface area contributed by atoms with Crippen molar-refractivity contribution in [2.45, 2.75) is 75.5 Å². The molecule has 6 nitrogen and oxygen atoms in total. The molecule has 270 valence electrons. The minimum Gasteiger partial charge on any atom is -0.385 e. The van der Waals surface area contributed by atoms with Gasteiger partial charge in [-0.2, -0.15) is 0 Å². The first-order valence-electron chi connectivity index (χ1n) is 17.7. The van der Waals surface area contributed by atoms with Gasteiger partial charge in [0.2, 0.25) is 5.91 Å². The Morgan fingerprint density at radius 2 is 1.45 bits per heavy atom. The van der Waals surface area contributed by atoms with Crippen LogP contribution in [0, 0.1) is 5.92 Å². The van der Waals surface area contributed by atoms with E-state index in [1.54, 1.807) is 0 Å². The van der Waals surface area contributed by atoms with Gasteiger partial charge in [0.25, 0.3) is 0 Å². The van der Waals surface area contributed by atoms with Gasteiger partial charge in [0.15, 0.2) is 0 Å². The van der Waals surface area contributed by atoms with E-state index in [-0.39, 0.29) is 48.2 Å². The lowest BCUT2D eigenvalue weighted by atomic mass is 9.72. The van der Waals surface area contributed by atoms with Gasteiger partial charge in [-0.3, -0.25) is 9.69 Å². The summed E-state index contributed by atoms with van der Waals surface area (Å²) in [5, 5.41) is 15.9. The lowest BCUT2D eigenvalue weighted by Crippen LogP contribution is -2.55. The Labute approximate surface area is 312 Å². The Balaban J connectivity index is 0.00000325. The second-order valence-corrected chi connectivity index (χ2v) is 14.8. The average molecular weight is 732 g/mol. The molecule has 0 bridgehead atoms. The van der Waals surface area contributed by atoms with Crippen LogP contribution in [0.1, 0.15) is 75.0 Å². The summed E-state index contributed by atoms with van der Waals surface area (Å²) in [6, 6.07) is 29.1. The quantitative estimate of drug-likeness (QED) is 0.166. The number of nitrogens with zero attached hydrogens (tertiary/aromatic N) is 3. The monoisotopic (exact) mass is 730 g/mol. The maximum atomic E-state index is 13.9. The Morgan fingerprint density at radius 1 is 0.898 bits per heavy atom. The van der Waals surface area contributed by atoms with Crippen LogP contribution < -0.4 is 5.32 Å². The van der Waals surface area contributed by atoms with E-state index >= 15 is 0 Å². The Hall–Kier alpha value is -2.16. The molecule has 1 unspecified atom stereocenters. The highest BCUT2D eigenvalue weighted by Crippen LogP contribution is 2.39. The molecule has 1 atom stereocenters. The molecule has 3 aromatic carbocycles. The zero-order chi connectivity index (χ0) is 33.3. The third kappa shape index (κ3) is 11.2. The number of amides is 1. The number of hydrogen-bond donors (Lipinski definition) is 2. The molecular formula is C40H57Cl3N4O2. The topological polar surface area (TPSA) is 59.0 Å². The molecule has 0 aliphatic carbocycles. The lowest BCUT2D eigenvalue weighted by molar-refractivity contribution is -0.129. The van der Waals surface area contributed by atoms with E-state index in [4.69, 9.17) is 11.6 Å². The maximum absolute atomic E-state index is 13.9. The number of nitrogens with one attached hydrogen (secondary N) is 1. The van der Waals surface area contributed by atoms with E-state index in [1.807, 2.05) is 24.3 Å². The van der Waals surface area contributed by atoms with Crippen LogP contribution in [0.4, 0.5) is 0 Å². The second-order valence-electron chi connectivity index (χ2n) is 14.3. The molecule has 3 aromatic rings. The normalized spacial score (nSPS) is 17.9. The van der Waals surface area contributed by atoms with Crippen molar-refractivity contribution in [2.24, 2.45) is 5.92 Å². The van der Waals surface area contributed by atoms with E-state index in [0.29, 0.717) is 31.0 Å². The molecule has 2 fully saturated rings. The van der Waals surface area contributed by atoms with Gasteiger partial charge < -0.3 is 20.2 Å². The largest absolute Gasteiger partial charge is 0.385 e. The van der Waals surface area contributed by atoms with Crippen molar-refractivity contribution in [3.63, 3.8) is 0 Å². The van der Waals surface area contributed by atoms with Gasteiger partial charge >= 0.3 is 0 Å².